The number of anilines is 4. The standard InChI is InChI=1S/C12H16O3.C11H13ClO2.C11H12N2.C10H13N5.C10H12N4O.2C10H10N2O.2C10H10N2.C10H13NO2/c1-3-4-7-15-11-8-9(2)5-6-10(11)12(13)14;1-3-4-8-5-7(2)6-9(12)10(8)11(13)14;1-8-3-5-10(6-4-8)11-7-12-9(2)13-11;1-3-11-9-6-7(2)4-5-8(9)10-12-14-15-13-10;1-3-15-9-6-7(2)4-5-8(9)10-11-13-14-12-10;1-7-2-4-8(5-3-7)9-6-12-10(11)13-9;1-7-2-4-8(5-3-7)9-6-10(11)12-13-9;1-8-2-4-9(5-3-8)10-6-11-7-12-10;1-8-2-4-9(5-3-8)10-6-7-11-12-10;1-3-11-9-6-7(2)4-5-8(9)10(12)13/h5-6,8H,3-4,7H2,1-2H3,(H,13,14);5-6H,3-4H2,1-2H3,(H,13,14);3-7H,1-2H3,(H,12,13);4-6,11H,3H2,1-2H3,(H,12,13,14,15);4-6H,3H2,1-2H3,(H,11,12,13,14);2*2-6H,1H3,(H2,11,12);2*2-7H,1H3,(H,11,12);4-6,11H,3H2,1-2H3,(H,12,13). The molecule has 0 aliphatic heterocycles. The number of ether oxygens (including phenoxy) is 2. The van der Waals surface area contributed by atoms with E-state index in [4.69, 9.17) is 56.8 Å². The number of hydrogen-bond donors (Lipinski definition) is 12. The lowest BCUT2D eigenvalue weighted by molar-refractivity contribution is 0.0682. The van der Waals surface area contributed by atoms with E-state index in [-0.39, 0.29) is 17.1 Å². The number of carboxylic acids is 3. The van der Waals surface area contributed by atoms with Crippen molar-refractivity contribution >= 4 is 52.7 Å². The fourth-order valence-electron chi connectivity index (χ4n) is 12.7. The van der Waals surface area contributed by atoms with Crippen molar-refractivity contribution in [3.05, 3.63) is 338 Å². The zero-order valence-corrected chi connectivity index (χ0v) is 79.7. The molecule has 135 heavy (non-hydrogen) atoms. The predicted octanol–water partition coefficient (Wildman–Crippen LogP) is 23.4. The molecule has 0 aliphatic rings. The number of H-pyrrole nitrogens is 5. The van der Waals surface area contributed by atoms with Gasteiger partial charge in [0.2, 0.25) is 11.6 Å². The van der Waals surface area contributed by atoms with Gasteiger partial charge in [-0.05, 0) is 231 Å². The van der Waals surface area contributed by atoms with Crippen LogP contribution in [0.4, 0.5) is 23.2 Å². The Morgan fingerprint density at radius 1 is 0.459 bits per heavy atom. The lowest BCUT2D eigenvalue weighted by atomic mass is 10.0. The van der Waals surface area contributed by atoms with Crippen molar-refractivity contribution in [1.82, 2.24) is 81.5 Å². The topological polar surface area (TPSA) is 453 Å². The average molecular weight is 1840 g/mol. The van der Waals surface area contributed by atoms with Crippen LogP contribution in [0.3, 0.4) is 0 Å². The number of nitrogens with zero attached hydrogens (tertiary/aromatic N) is 11. The Balaban J connectivity index is 0.000000185. The molecule has 0 spiro atoms. The summed E-state index contributed by atoms with van der Waals surface area (Å²) in [6.07, 6.45) is 12.4. The minimum Gasteiger partial charge on any atom is -0.493 e. The van der Waals surface area contributed by atoms with Crippen LogP contribution in [0, 0.1) is 76.2 Å². The Morgan fingerprint density at radius 2 is 0.948 bits per heavy atom. The Labute approximate surface area is 791 Å². The van der Waals surface area contributed by atoms with E-state index >= 15 is 0 Å². The summed E-state index contributed by atoms with van der Waals surface area (Å²) in [6, 6.07) is 71.0. The zero-order chi connectivity index (χ0) is 97.7. The van der Waals surface area contributed by atoms with E-state index in [1.807, 2.05) is 179 Å². The van der Waals surface area contributed by atoms with Gasteiger partial charge in [-0.1, -0.05) is 223 Å². The molecule has 10 aromatic carbocycles. The lowest BCUT2D eigenvalue weighted by Crippen LogP contribution is -2.05. The summed E-state index contributed by atoms with van der Waals surface area (Å²) in [5, 5.41) is 71.6. The van der Waals surface area contributed by atoms with Gasteiger partial charge in [-0.3, -0.25) is 5.10 Å². The first-order valence-electron chi connectivity index (χ1n) is 43.9. The summed E-state index contributed by atoms with van der Waals surface area (Å²) in [4.78, 5) is 50.8. The van der Waals surface area contributed by atoms with Gasteiger partial charge >= 0.3 is 17.9 Å². The molecule has 0 atom stereocenters. The number of halogens is 1. The molecule has 0 amide bonds. The smallest absolute Gasteiger partial charge is 0.339 e. The number of carboxylic acid groups (broad SMARTS) is 3. The van der Waals surface area contributed by atoms with E-state index in [9.17, 15) is 14.4 Å². The van der Waals surface area contributed by atoms with Crippen LogP contribution in [-0.4, -0.2) is 141 Å². The number of nitrogens with two attached hydrogens (primary N) is 2. The van der Waals surface area contributed by atoms with E-state index in [0.29, 0.717) is 64.2 Å². The van der Waals surface area contributed by atoms with Crippen molar-refractivity contribution in [2.45, 2.75) is 136 Å². The van der Waals surface area contributed by atoms with Crippen molar-refractivity contribution in [3.63, 3.8) is 0 Å². The third-order valence-electron chi connectivity index (χ3n) is 19.6. The maximum absolute atomic E-state index is 10.9. The maximum Gasteiger partial charge on any atom is 0.339 e. The van der Waals surface area contributed by atoms with Crippen LogP contribution >= 0.6 is 11.6 Å². The largest absolute Gasteiger partial charge is 0.493 e. The number of imidazole rings is 2. The fraction of sp³-hybridized carbons (Fsp3) is 0.231. The van der Waals surface area contributed by atoms with E-state index in [0.717, 1.165) is 123 Å². The number of nitrogen functional groups attached to an aromatic ring is 2. The van der Waals surface area contributed by atoms with Gasteiger partial charge in [-0.15, -0.1) is 20.4 Å². The number of aromatic carboxylic acids is 3. The number of hydrogen-bond acceptors (Lipinski definition) is 22. The maximum atomic E-state index is 10.9. The molecule has 14 N–H and O–H groups in total. The van der Waals surface area contributed by atoms with Crippen molar-refractivity contribution in [1.29, 1.82) is 0 Å². The third-order valence-corrected chi connectivity index (χ3v) is 19.9. The van der Waals surface area contributed by atoms with Crippen LogP contribution < -0.4 is 31.6 Å². The minimum atomic E-state index is -0.946. The molecule has 31 heteroatoms. The summed E-state index contributed by atoms with van der Waals surface area (Å²) < 4.78 is 21.2. The second-order valence-electron chi connectivity index (χ2n) is 31.0. The van der Waals surface area contributed by atoms with Gasteiger partial charge in [-0.2, -0.15) is 15.5 Å². The molecule has 0 fully saturated rings. The van der Waals surface area contributed by atoms with Crippen molar-refractivity contribution in [3.8, 4) is 90.7 Å². The van der Waals surface area contributed by atoms with Crippen LogP contribution in [0.2, 0.25) is 5.02 Å². The van der Waals surface area contributed by atoms with Gasteiger partial charge < -0.3 is 65.8 Å². The highest BCUT2D eigenvalue weighted by Crippen LogP contribution is 2.31. The second kappa shape index (κ2) is 54.5. The van der Waals surface area contributed by atoms with Gasteiger partial charge in [0.25, 0.3) is 6.01 Å². The van der Waals surface area contributed by atoms with Crippen LogP contribution in [0.25, 0.3) is 79.2 Å². The van der Waals surface area contributed by atoms with Crippen LogP contribution in [-0.2, 0) is 6.42 Å². The molecule has 702 valence electrons. The van der Waals surface area contributed by atoms with Crippen molar-refractivity contribution in [2.24, 2.45) is 0 Å². The summed E-state index contributed by atoms with van der Waals surface area (Å²) in [5.41, 5.74) is 36.4. The summed E-state index contributed by atoms with van der Waals surface area (Å²) in [5.74, 6) is 2.43. The van der Waals surface area contributed by atoms with Gasteiger partial charge in [0, 0.05) is 53.4 Å². The predicted molar refractivity (Wildman–Crippen MR) is 535 cm³/mol. The molecule has 7 heterocycles. The number of aromatic amines is 5. The highest BCUT2D eigenvalue weighted by Gasteiger charge is 2.17. The molecule has 0 aliphatic carbocycles. The number of nitrogens with one attached hydrogen (secondary N) is 7. The Kier molecular flexibility index (Phi) is 42.1. The first kappa shape index (κ1) is 104. The second-order valence-corrected chi connectivity index (χ2v) is 31.4. The van der Waals surface area contributed by atoms with E-state index in [1.54, 1.807) is 61.2 Å². The fourth-order valence-corrected chi connectivity index (χ4v) is 13.0. The first-order valence-corrected chi connectivity index (χ1v) is 44.2. The number of tetrazole rings is 2. The van der Waals surface area contributed by atoms with E-state index < -0.39 is 17.9 Å². The Hall–Kier alpha value is -16.1. The number of rotatable bonds is 22. The number of benzene rings is 10. The number of aryl methyl sites for hydroxylation is 12. The summed E-state index contributed by atoms with van der Waals surface area (Å²) in [6.45, 7) is 34.9. The molecule has 0 saturated heterocycles. The van der Waals surface area contributed by atoms with Gasteiger partial charge in [-0.25, -0.2) is 29.3 Å². The van der Waals surface area contributed by atoms with Gasteiger partial charge in [0.05, 0.1) is 76.9 Å². The van der Waals surface area contributed by atoms with Gasteiger partial charge in [0.1, 0.15) is 22.9 Å². The number of carbonyl (C=O) groups is 3. The molecule has 30 nitrogen and oxygen atoms in total. The van der Waals surface area contributed by atoms with E-state index in [2.05, 4.69) is 213 Å². The van der Waals surface area contributed by atoms with Gasteiger partial charge in [0.15, 0.2) is 17.3 Å². The third kappa shape index (κ3) is 34.6. The molecule has 17 aromatic rings. The molecule has 0 saturated carbocycles. The monoisotopic (exact) mass is 1840 g/mol. The number of aromatic nitrogens is 16. The Bertz CT molecular complexity index is 6030. The SMILES string of the molecule is CCCCOc1cc(C)ccc1C(=O)O.CCCc1cc(C)cc(Cl)c1C(=O)O.CCNc1cc(C)ccc1-c1nn[nH]n1.CCNc1cc(C)ccc1C(=O)O.CCOc1cc(C)ccc1-c1nn[nH]n1.Cc1ccc(-c2cc(N)no2)cc1.Cc1ccc(-c2ccn[nH]2)cc1.Cc1ccc(-c2cnc(C)[nH]2)cc1.Cc1ccc(-c2cnc(N)o2)cc1.Cc1ccc(-c2cnc[nH]2)cc1. The van der Waals surface area contributed by atoms with Crippen molar-refractivity contribution in [2.75, 3.05) is 48.4 Å². The normalized spacial score (nSPS) is 10.1. The summed E-state index contributed by atoms with van der Waals surface area (Å²) >= 11 is 5.88. The molecule has 17 rings (SSSR count). The molecule has 7 aromatic heterocycles. The minimum absolute atomic E-state index is 0.204. The molecule has 0 bridgehead atoms. The number of unbranched alkanes of at least 4 members (excludes halogenated alkanes) is 1. The van der Waals surface area contributed by atoms with Crippen LogP contribution in [0.5, 0.6) is 11.5 Å². The highest BCUT2D eigenvalue weighted by molar-refractivity contribution is 6.33. The number of oxazole rings is 1. The molecular weight excluding hydrogens is 1720 g/mol. The quantitative estimate of drug-likeness (QED) is 0.0280. The lowest BCUT2D eigenvalue weighted by Gasteiger charge is -2.09. The Morgan fingerprint density at radius 3 is 1.40 bits per heavy atom. The van der Waals surface area contributed by atoms with Crippen molar-refractivity contribution < 1.29 is 48.1 Å². The first-order chi connectivity index (χ1) is 65.0. The molecule has 0 radical (unpaired) electrons. The highest BCUT2D eigenvalue weighted by atomic mass is 35.5. The average Bonchev–Trinajstić information content (AvgIpc) is 1.82. The van der Waals surface area contributed by atoms with E-state index in [1.165, 1.54) is 50.1 Å². The molecular formula is C104H119ClN20O10. The molecule has 0 unspecified atom stereocenters. The summed E-state index contributed by atoms with van der Waals surface area (Å²) in [7, 11) is 0. The zero-order valence-electron chi connectivity index (χ0n) is 79.0. The van der Waals surface area contributed by atoms with Crippen LogP contribution in [0.1, 0.15) is 152 Å². The van der Waals surface area contributed by atoms with Crippen LogP contribution in [0.15, 0.2) is 258 Å².